The Balaban J connectivity index is 2.10. The van der Waals surface area contributed by atoms with E-state index in [1.54, 1.807) is 18.2 Å². The number of halogens is 1. The summed E-state index contributed by atoms with van der Waals surface area (Å²) in [5.74, 6) is 1.33. The highest BCUT2D eigenvalue weighted by Gasteiger charge is 2.22. The van der Waals surface area contributed by atoms with Crippen molar-refractivity contribution >= 4 is 11.6 Å². The van der Waals surface area contributed by atoms with Crippen LogP contribution in [0.25, 0.3) is 0 Å². The molecular formula is C11H10ClNO. The van der Waals surface area contributed by atoms with Gasteiger partial charge in [0.25, 0.3) is 0 Å². The van der Waals surface area contributed by atoms with Crippen LogP contribution in [-0.4, -0.2) is 6.61 Å². The molecule has 1 saturated carbocycles. The second-order valence-electron chi connectivity index (χ2n) is 3.51. The van der Waals surface area contributed by atoms with E-state index < -0.39 is 0 Å². The normalized spacial score (nSPS) is 14.9. The highest BCUT2D eigenvalue weighted by Crippen LogP contribution is 2.30. The predicted octanol–water partition coefficient (Wildman–Crippen LogP) is 3.00. The van der Waals surface area contributed by atoms with Crippen LogP contribution in [0.5, 0.6) is 5.75 Å². The lowest BCUT2D eigenvalue weighted by molar-refractivity contribution is 0.299. The first kappa shape index (κ1) is 9.36. The average Bonchev–Trinajstić information content (AvgIpc) is 2.99. The van der Waals surface area contributed by atoms with Gasteiger partial charge in [-0.2, -0.15) is 5.26 Å². The van der Waals surface area contributed by atoms with Gasteiger partial charge in [0.1, 0.15) is 11.8 Å². The molecule has 1 aromatic carbocycles. The molecule has 0 atom stereocenters. The molecule has 2 nitrogen and oxygen atoms in total. The maximum atomic E-state index is 8.84. The van der Waals surface area contributed by atoms with Crippen LogP contribution in [0.3, 0.4) is 0 Å². The van der Waals surface area contributed by atoms with Crippen LogP contribution in [0.15, 0.2) is 18.2 Å². The third-order valence-electron chi connectivity index (χ3n) is 2.23. The van der Waals surface area contributed by atoms with Crippen LogP contribution in [0.1, 0.15) is 18.4 Å². The number of rotatable bonds is 3. The third kappa shape index (κ3) is 2.18. The minimum atomic E-state index is 0.512. The summed E-state index contributed by atoms with van der Waals surface area (Å²) in [5, 5.41) is 9.40. The van der Waals surface area contributed by atoms with Crippen molar-refractivity contribution in [3.8, 4) is 11.8 Å². The smallest absolute Gasteiger partial charge is 0.137 e. The molecule has 0 aliphatic heterocycles. The number of ether oxygens (including phenoxy) is 1. The van der Waals surface area contributed by atoms with E-state index in [9.17, 15) is 0 Å². The molecule has 3 heteroatoms. The molecule has 14 heavy (non-hydrogen) atoms. The monoisotopic (exact) mass is 207 g/mol. The van der Waals surface area contributed by atoms with Crippen LogP contribution in [0, 0.1) is 17.2 Å². The van der Waals surface area contributed by atoms with E-state index in [1.165, 1.54) is 12.8 Å². The van der Waals surface area contributed by atoms with E-state index in [1.807, 2.05) is 0 Å². The number of benzene rings is 1. The number of hydrogen-bond donors (Lipinski definition) is 0. The molecule has 0 N–H and O–H groups in total. The van der Waals surface area contributed by atoms with E-state index in [2.05, 4.69) is 6.07 Å². The van der Waals surface area contributed by atoms with Gasteiger partial charge < -0.3 is 4.74 Å². The quantitative estimate of drug-likeness (QED) is 0.764. The Morgan fingerprint density at radius 3 is 2.93 bits per heavy atom. The van der Waals surface area contributed by atoms with Gasteiger partial charge in [0.15, 0.2) is 0 Å². The Kier molecular flexibility index (Phi) is 2.60. The summed E-state index contributed by atoms with van der Waals surface area (Å²) in [6.07, 6.45) is 2.49. The van der Waals surface area contributed by atoms with Crippen LogP contribution < -0.4 is 4.74 Å². The van der Waals surface area contributed by atoms with E-state index in [-0.39, 0.29) is 0 Å². The minimum Gasteiger partial charge on any atom is -0.492 e. The molecule has 0 heterocycles. The van der Waals surface area contributed by atoms with Crippen molar-refractivity contribution in [2.24, 2.45) is 5.92 Å². The molecule has 1 fully saturated rings. The van der Waals surface area contributed by atoms with Crippen molar-refractivity contribution in [3.63, 3.8) is 0 Å². The van der Waals surface area contributed by atoms with E-state index in [0.29, 0.717) is 22.3 Å². The van der Waals surface area contributed by atoms with Crippen LogP contribution in [0.2, 0.25) is 5.02 Å². The molecule has 1 aromatic rings. The van der Waals surface area contributed by atoms with Crippen molar-refractivity contribution in [2.75, 3.05) is 6.61 Å². The van der Waals surface area contributed by atoms with Gasteiger partial charge in [-0.1, -0.05) is 11.6 Å². The Hall–Kier alpha value is -1.20. The Labute approximate surface area is 88.1 Å². The number of nitrogens with zero attached hydrogens (tertiary/aromatic N) is 1. The Morgan fingerprint density at radius 1 is 1.50 bits per heavy atom. The summed E-state index contributed by atoms with van der Waals surface area (Å²) in [4.78, 5) is 0. The topological polar surface area (TPSA) is 33.0 Å². The zero-order valence-corrected chi connectivity index (χ0v) is 8.42. The SMILES string of the molecule is N#Cc1cc(Cl)ccc1OCC1CC1. The molecule has 0 radical (unpaired) electrons. The maximum absolute atomic E-state index is 8.84. The first-order valence-corrected chi connectivity index (χ1v) is 5.00. The van der Waals surface area contributed by atoms with Gasteiger partial charge in [-0.3, -0.25) is 0 Å². The van der Waals surface area contributed by atoms with Gasteiger partial charge in [-0.25, -0.2) is 0 Å². The minimum absolute atomic E-state index is 0.512. The van der Waals surface area contributed by atoms with Gasteiger partial charge in [0.05, 0.1) is 12.2 Å². The van der Waals surface area contributed by atoms with Gasteiger partial charge in [-0.05, 0) is 37.0 Å². The van der Waals surface area contributed by atoms with Gasteiger partial charge >= 0.3 is 0 Å². The lowest BCUT2D eigenvalue weighted by Crippen LogP contribution is -2.00. The lowest BCUT2D eigenvalue weighted by Gasteiger charge is -2.06. The summed E-state index contributed by atoms with van der Waals surface area (Å²) in [5.41, 5.74) is 0.512. The summed E-state index contributed by atoms with van der Waals surface area (Å²) in [6, 6.07) is 7.19. The van der Waals surface area contributed by atoms with Crippen LogP contribution >= 0.6 is 11.6 Å². The zero-order chi connectivity index (χ0) is 9.97. The van der Waals surface area contributed by atoms with Gasteiger partial charge in [-0.15, -0.1) is 0 Å². The largest absolute Gasteiger partial charge is 0.492 e. The molecule has 0 aromatic heterocycles. The van der Waals surface area contributed by atoms with Crippen molar-refractivity contribution < 1.29 is 4.74 Å². The first-order valence-electron chi connectivity index (χ1n) is 4.62. The van der Waals surface area contributed by atoms with Crippen molar-refractivity contribution in [1.82, 2.24) is 0 Å². The van der Waals surface area contributed by atoms with Crippen LogP contribution in [-0.2, 0) is 0 Å². The predicted molar refractivity (Wildman–Crippen MR) is 54.4 cm³/mol. The fraction of sp³-hybridized carbons (Fsp3) is 0.364. The molecule has 2 rings (SSSR count). The van der Waals surface area contributed by atoms with E-state index in [0.717, 1.165) is 6.61 Å². The van der Waals surface area contributed by atoms with Crippen LogP contribution in [0.4, 0.5) is 0 Å². The lowest BCUT2D eigenvalue weighted by atomic mass is 10.2. The standard InChI is InChI=1S/C11H10ClNO/c12-10-3-4-11(9(5-10)6-13)14-7-8-1-2-8/h3-5,8H,1-2,7H2. The summed E-state index contributed by atoms with van der Waals surface area (Å²) in [7, 11) is 0. The van der Waals surface area contributed by atoms with Gasteiger partial charge in [0, 0.05) is 5.02 Å². The maximum Gasteiger partial charge on any atom is 0.137 e. The van der Waals surface area contributed by atoms with Crippen molar-refractivity contribution in [3.05, 3.63) is 28.8 Å². The average molecular weight is 208 g/mol. The second kappa shape index (κ2) is 3.89. The Bertz CT molecular complexity index is 379. The molecule has 0 saturated heterocycles. The molecule has 0 amide bonds. The molecule has 72 valence electrons. The summed E-state index contributed by atoms with van der Waals surface area (Å²) >= 11 is 5.76. The molecule has 0 spiro atoms. The zero-order valence-electron chi connectivity index (χ0n) is 7.66. The summed E-state index contributed by atoms with van der Waals surface area (Å²) in [6.45, 7) is 0.719. The number of hydrogen-bond acceptors (Lipinski definition) is 2. The van der Waals surface area contributed by atoms with Crippen molar-refractivity contribution in [2.45, 2.75) is 12.8 Å². The number of nitriles is 1. The third-order valence-corrected chi connectivity index (χ3v) is 2.47. The fourth-order valence-electron chi connectivity index (χ4n) is 1.21. The van der Waals surface area contributed by atoms with Crippen molar-refractivity contribution in [1.29, 1.82) is 5.26 Å². The highest BCUT2D eigenvalue weighted by molar-refractivity contribution is 6.30. The molecular weight excluding hydrogens is 198 g/mol. The van der Waals surface area contributed by atoms with E-state index in [4.69, 9.17) is 21.6 Å². The Morgan fingerprint density at radius 2 is 2.29 bits per heavy atom. The van der Waals surface area contributed by atoms with Gasteiger partial charge in [0.2, 0.25) is 0 Å². The first-order chi connectivity index (χ1) is 6.79. The molecule has 0 bridgehead atoms. The summed E-state index contributed by atoms with van der Waals surface area (Å²) < 4.78 is 5.53. The highest BCUT2D eigenvalue weighted by atomic mass is 35.5. The molecule has 1 aliphatic carbocycles. The van der Waals surface area contributed by atoms with E-state index >= 15 is 0 Å². The fourth-order valence-corrected chi connectivity index (χ4v) is 1.38. The molecule has 0 unspecified atom stereocenters. The molecule has 1 aliphatic rings. The second-order valence-corrected chi connectivity index (χ2v) is 3.94.